The van der Waals surface area contributed by atoms with Gasteiger partial charge >= 0.3 is 5.51 Å². The second-order valence-corrected chi connectivity index (χ2v) is 33.2. The first kappa shape index (κ1) is 69.9. The third-order valence-electron chi connectivity index (χ3n) is 21.3. The lowest BCUT2D eigenvalue weighted by Gasteiger charge is -2.44. The van der Waals surface area contributed by atoms with Gasteiger partial charge in [-0.15, -0.1) is 11.8 Å². The van der Waals surface area contributed by atoms with Crippen LogP contribution in [0.15, 0.2) is 136 Å². The van der Waals surface area contributed by atoms with Crippen LogP contribution in [0.1, 0.15) is 103 Å². The average Bonchev–Trinajstić information content (AvgIpc) is 1.33. The maximum Gasteiger partial charge on any atom is 0.501 e. The van der Waals surface area contributed by atoms with Crippen molar-refractivity contribution in [2.75, 3.05) is 126 Å². The van der Waals surface area contributed by atoms with Crippen LogP contribution in [-0.4, -0.2) is 205 Å². The maximum absolute atomic E-state index is 14.4. The number of fused-ring (bicyclic) bond motifs is 3. The summed E-state index contributed by atoms with van der Waals surface area (Å²) < 4.78 is 105. The van der Waals surface area contributed by atoms with Gasteiger partial charge in [0.1, 0.15) is 10.9 Å². The summed E-state index contributed by atoms with van der Waals surface area (Å²) in [6.45, 7) is 16.1. The highest BCUT2D eigenvalue weighted by molar-refractivity contribution is 7.99. The quantitative estimate of drug-likeness (QED) is 0.0436. The van der Waals surface area contributed by atoms with E-state index in [0.29, 0.717) is 99.2 Å². The molecule has 6 fully saturated rings. The Balaban J connectivity index is 0.595. The SMILES string of the molecule is C[C@@]1(CN2CCC(CN3CC4CC3CN4c3ccc4c(c3)CN(C3CCC(=O)NC3=O)C4=O)CC2)CCC(c2ccc(Cl)cc2)=C(CN2CCN(c3ccc(C(=O)NS(=O)(=O)c4ccc(N[C@H](CCN5CCCOCC5)CSc5ccccc5)c(S(=O)(=O)C(F)(F)F)c4)cc3)CC2)C1. The van der Waals surface area contributed by atoms with Crippen molar-refractivity contribution in [1.82, 2.24) is 34.5 Å². The smallest absolute Gasteiger partial charge is 0.380 e. The van der Waals surface area contributed by atoms with Crippen LogP contribution in [0.3, 0.4) is 0 Å². The number of alkyl halides is 3. The van der Waals surface area contributed by atoms with Crippen molar-refractivity contribution >= 4 is 89.5 Å². The number of halogens is 4. The zero-order valence-electron chi connectivity index (χ0n) is 55.2. The van der Waals surface area contributed by atoms with Crippen molar-refractivity contribution in [2.24, 2.45) is 11.3 Å². The Morgan fingerprint density at radius 3 is 2.27 bits per heavy atom. The van der Waals surface area contributed by atoms with Gasteiger partial charge in [-0.05, 0) is 184 Å². The molecule has 98 heavy (non-hydrogen) atoms. The maximum atomic E-state index is 14.4. The Hall–Kier alpha value is -6.55. The van der Waals surface area contributed by atoms with Crippen LogP contribution in [0.4, 0.5) is 30.2 Å². The van der Waals surface area contributed by atoms with Gasteiger partial charge in [0.15, 0.2) is 0 Å². The minimum Gasteiger partial charge on any atom is -0.380 e. The summed E-state index contributed by atoms with van der Waals surface area (Å²) in [4.78, 5) is 66.8. The third kappa shape index (κ3) is 16.0. The number of carbonyl (C=O) groups is 4. The first-order chi connectivity index (χ1) is 47.0. The summed E-state index contributed by atoms with van der Waals surface area (Å²) in [6, 6.07) is 32.4. The summed E-state index contributed by atoms with van der Waals surface area (Å²) in [5, 5.41) is 6.13. The highest BCUT2D eigenvalue weighted by Gasteiger charge is 2.49. The predicted molar refractivity (Wildman–Crippen MR) is 374 cm³/mol. The van der Waals surface area contributed by atoms with Crippen molar-refractivity contribution in [3.63, 3.8) is 0 Å². The number of likely N-dealkylation sites (tertiary alicyclic amines) is 2. The third-order valence-corrected chi connectivity index (χ3v) is 25.5. The standard InChI is InChI=1S/C72H86ClF3N10O9S3/c1-71(48-82-28-23-49(24-29-82)42-84-45-59-39-58(84)46-85(59)57-16-18-63-52(38-57)44-86(70(63)90)65-20-21-67(87)78-69(65)89)26-22-62(50-8-12-54(73)13-9-50)53(41-71)43-81-31-33-83(34-32-81)56-14-10-51(11-15-56)68(88)79-98(93,94)61-17-19-64(66(40-61)97(91,92)72(74,75)76)77-55(47-96-60-6-3-2-4-7-60)25-30-80-27-5-36-95-37-35-80/h2-4,6-19,38,40,49,55,58-59,65,77H,5,20-37,39,41-48H2,1H3,(H,79,88)(H,78,87,89)/t55-,58?,59?,65?,71-/m1/s1. The van der Waals surface area contributed by atoms with Crippen LogP contribution < -0.4 is 25.2 Å². The fourth-order valence-corrected chi connectivity index (χ4v) is 19.1. The number of hydrogen-bond acceptors (Lipinski definition) is 17. The van der Waals surface area contributed by atoms with Gasteiger partial charge in [0.25, 0.3) is 31.7 Å². The van der Waals surface area contributed by atoms with Crippen molar-refractivity contribution in [3.8, 4) is 0 Å². The summed E-state index contributed by atoms with van der Waals surface area (Å²) in [7, 11) is -11.0. The first-order valence-electron chi connectivity index (χ1n) is 34.3. The fraction of sp³-hybridized carbons (Fsp3) is 0.500. The molecule has 8 aliphatic rings. The molecule has 0 saturated carbocycles. The Kier molecular flexibility index (Phi) is 21.1. The van der Waals surface area contributed by atoms with Crippen LogP contribution in [0.5, 0.6) is 0 Å². The predicted octanol–water partition coefficient (Wildman–Crippen LogP) is 9.64. The number of benzene rings is 5. The van der Waals surface area contributed by atoms with E-state index in [-0.39, 0.29) is 29.2 Å². The second kappa shape index (κ2) is 29.6. The van der Waals surface area contributed by atoms with E-state index in [9.17, 15) is 49.2 Å². The van der Waals surface area contributed by atoms with E-state index in [1.54, 1.807) is 17.0 Å². The van der Waals surface area contributed by atoms with Crippen molar-refractivity contribution in [3.05, 3.63) is 148 Å². The molecule has 5 atom stereocenters. The van der Waals surface area contributed by atoms with Gasteiger partial charge in [0.05, 0.1) is 17.2 Å². The number of allylic oxidation sites excluding steroid dienone is 1. The number of rotatable bonds is 22. The van der Waals surface area contributed by atoms with E-state index in [2.05, 4.69) is 71.2 Å². The number of nitrogens with zero attached hydrogens (tertiary/aromatic N) is 7. The van der Waals surface area contributed by atoms with E-state index in [0.717, 1.165) is 132 Å². The van der Waals surface area contributed by atoms with Crippen LogP contribution in [-0.2, 0) is 40.7 Å². The number of sulfone groups is 1. The van der Waals surface area contributed by atoms with E-state index in [4.69, 9.17) is 16.3 Å². The van der Waals surface area contributed by atoms with Gasteiger partial charge in [-0.1, -0.05) is 54.4 Å². The summed E-state index contributed by atoms with van der Waals surface area (Å²) >= 11 is 7.86. The largest absolute Gasteiger partial charge is 0.501 e. The van der Waals surface area contributed by atoms with Gasteiger partial charge in [0, 0.05) is 154 Å². The monoisotopic (exact) mass is 1420 g/mol. The number of nitrogens with one attached hydrogen (secondary N) is 3. The number of ether oxygens (including phenoxy) is 1. The number of sulfonamides is 1. The molecule has 1 aliphatic carbocycles. The van der Waals surface area contributed by atoms with E-state index in [1.165, 1.54) is 53.4 Å². The Morgan fingerprint density at radius 1 is 0.786 bits per heavy atom. The Labute approximate surface area is 581 Å². The minimum atomic E-state index is -6.10. The molecule has 0 spiro atoms. The Morgan fingerprint density at radius 2 is 1.54 bits per heavy atom. The molecular formula is C72H86ClF3N10O9S3. The highest BCUT2D eigenvalue weighted by Crippen LogP contribution is 2.46. The molecule has 524 valence electrons. The number of piperazine rings is 2. The molecule has 4 amide bonds. The van der Waals surface area contributed by atoms with Crippen LogP contribution >= 0.6 is 23.4 Å². The first-order valence-corrected chi connectivity index (χ1v) is 38.7. The fourth-order valence-electron chi connectivity index (χ4n) is 16.0. The molecule has 5 aromatic rings. The molecule has 0 radical (unpaired) electrons. The number of hydrogen-bond donors (Lipinski definition) is 3. The molecule has 7 heterocycles. The highest BCUT2D eigenvalue weighted by atomic mass is 35.5. The molecule has 3 N–H and O–H groups in total. The lowest BCUT2D eigenvalue weighted by Crippen LogP contribution is -2.52. The van der Waals surface area contributed by atoms with Gasteiger partial charge in [-0.25, -0.2) is 21.6 Å². The van der Waals surface area contributed by atoms with E-state index in [1.807, 2.05) is 53.3 Å². The topological polar surface area (TPSA) is 205 Å². The van der Waals surface area contributed by atoms with Gasteiger partial charge in [-0.3, -0.25) is 34.3 Å². The van der Waals surface area contributed by atoms with E-state index >= 15 is 0 Å². The molecule has 2 bridgehead atoms. The number of anilines is 3. The lowest BCUT2D eigenvalue weighted by molar-refractivity contribution is -0.136. The molecule has 19 nitrogen and oxygen atoms in total. The lowest BCUT2D eigenvalue weighted by atomic mass is 9.71. The molecule has 7 aliphatic heterocycles. The zero-order valence-corrected chi connectivity index (χ0v) is 58.4. The van der Waals surface area contributed by atoms with E-state index < -0.39 is 64.7 Å². The second-order valence-electron chi connectivity index (χ2n) is 28.1. The van der Waals surface area contributed by atoms with Crippen molar-refractivity contribution in [1.29, 1.82) is 0 Å². The van der Waals surface area contributed by atoms with Gasteiger partial charge < -0.3 is 34.6 Å². The molecule has 3 unspecified atom stereocenters. The molecular weight excluding hydrogens is 1340 g/mol. The number of piperidine rings is 2. The minimum absolute atomic E-state index is 0.0143. The summed E-state index contributed by atoms with van der Waals surface area (Å²) in [6.07, 6.45) is 8.34. The summed E-state index contributed by atoms with van der Waals surface area (Å²) in [5.41, 5.74) is 1.50. The summed E-state index contributed by atoms with van der Waals surface area (Å²) in [5.74, 6) is -0.869. The number of amides is 4. The van der Waals surface area contributed by atoms with Crippen LogP contribution in [0, 0.1) is 11.3 Å². The number of thioether (sulfide) groups is 1. The van der Waals surface area contributed by atoms with Crippen LogP contribution in [0.25, 0.3) is 5.57 Å². The average molecular weight is 1420 g/mol. The zero-order chi connectivity index (χ0) is 68.5. The van der Waals surface area contributed by atoms with Crippen molar-refractivity contribution in [2.45, 2.75) is 122 Å². The Bertz CT molecular complexity index is 4020. The van der Waals surface area contributed by atoms with Gasteiger partial charge in [-0.2, -0.15) is 13.2 Å². The number of carbonyl (C=O) groups excluding carboxylic acids is 4. The molecule has 6 saturated heterocycles. The molecule has 26 heteroatoms. The van der Waals surface area contributed by atoms with Gasteiger partial charge in [0.2, 0.25) is 11.8 Å². The molecule has 5 aromatic carbocycles. The molecule has 13 rings (SSSR count). The van der Waals surface area contributed by atoms with Crippen LogP contribution in [0.2, 0.25) is 5.02 Å². The normalized spacial score (nSPS) is 23.9. The molecule has 0 aromatic heterocycles. The number of imide groups is 1. The van der Waals surface area contributed by atoms with Crippen molar-refractivity contribution < 1.29 is 53.9 Å².